The topological polar surface area (TPSA) is 82.4 Å². The van der Waals surface area contributed by atoms with E-state index in [9.17, 15) is 9.18 Å². The van der Waals surface area contributed by atoms with E-state index in [2.05, 4.69) is 20.3 Å². The number of pyridine rings is 1. The van der Waals surface area contributed by atoms with Crippen molar-refractivity contribution >= 4 is 18.0 Å². The highest BCUT2D eigenvalue weighted by Crippen LogP contribution is 2.34. The van der Waals surface area contributed by atoms with Crippen molar-refractivity contribution in [3.63, 3.8) is 0 Å². The zero-order valence-electron chi connectivity index (χ0n) is 17.6. The summed E-state index contributed by atoms with van der Waals surface area (Å²) in [6.45, 7) is 0.835. The fourth-order valence-electron chi connectivity index (χ4n) is 4.38. The van der Waals surface area contributed by atoms with Crippen LogP contribution in [0.3, 0.4) is 0 Å². The van der Waals surface area contributed by atoms with Crippen LogP contribution in [0.4, 0.5) is 4.39 Å². The van der Waals surface area contributed by atoms with Crippen LogP contribution >= 0.6 is 0 Å². The first-order chi connectivity index (χ1) is 15.6. The molecule has 5 rings (SSSR count). The summed E-state index contributed by atoms with van der Waals surface area (Å²) in [5.41, 5.74) is 1.29. The Kier molecular flexibility index (Phi) is 5.30. The predicted molar refractivity (Wildman–Crippen MR) is 118 cm³/mol. The number of nitrogens with zero attached hydrogens (tertiary/aromatic N) is 5. The number of hydrogen-bond acceptors (Lipinski definition) is 7. The molecule has 8 nitrogen and oxygen atoms in total. The van der Waals surface area contributed by atoms with E-state index in [0.29, 0.717) is 5.56 Å². The van der Waals surface area contributed by atoms with Gasteiger partial charge in [-0.15, -0.1) is 0 Å². The van der Waals surface area contributed by atoms with Gasteiger partial charge in [0.15, 0.2) is 6.17 Å². The van der Waals surface area contributed by atoms with Gasteiger partial charge >= 0.3 is 0 Å². The summed E-state index contributed by atoms with van der Waals surface area (Å²) in [5.74, 6) is 0.527. The molecule has 32 heavy (non-hydrogen) atoms. The number of amides is 1. The molecule has 3 aliphatic rings. The molecule has 0 saturated carbocycles. The van der Waals surface area contributed by atoms with Gasteiger partial charge in [-0.05, 0) is 48.7 Å². The molecule has 164 valence electrons. The number of nitrogens with one attached hydrogen (secondary N) is 1. The Morgan fingerprint density at radius 2 is 2.19 bits per heavy atom. The maximum absolute atomic E-state index is 13.8. The van der Waals surface area contributed by atoms with Crippen molar-refractivity contribution in [2.45, 2.75) is 31.1 Å². The third-order valence-electron chi connectivity index (χ3n) is 5.88. The van der Waals surface area contributed by atoms with E-state index in [1.54, 1.807) is 41.7 Å². The van der Waals surface area contributed by atoms with E-state index in [4.69, 9.17) is 9.73 Å². The van der Waals surface area contributed by atoms with Gasteiger partial charge in [0.1, 0.15) is 23.3 Å². The van der Waals surface area contributed by atoms with Crippen LogP contribution in [0.5, 0.6) is 5.88 Å². The largest absolute Gasteiger partial charge is 0.480 e. The Balaban J connectivity index is 1.35. The molecule has 0 radical (unpaired) electrons. The molecule has 0 bridgehead atoms. The number of fused-ring (bicyclic) bond motifs is 1. The Bertz CT molecular complexity index is 1120. The molecule has 1 saturated heterocycles. The summed E-state index contributed by atoms with van der Waals surface area (Å²) in [4.78, 5) is 24.0. The smallest absolute Gasteiger partial charge is 0.257 e. The molecule has 2 aromatic rings. The Morgan fingerprint density at radius 3 is 3.03 bits per heavy atom. The van der Waals surface area contributed by atoms with E-state index in [1.807, 2.05) is 18.3 Å². The average molecular weight is 434 g/mol. The fourth-order valence-corrected chi connectivity index (χ4v) is 4.38. The number of carbonyl (C=O) groups excluding carboxylic acids is 1. The molecule has 0 aliphatic carbocycles. The highest BCUT2D eigenvalue weighted by molar-refractivity contribution is 5.98. The van der Waals surface area contributed by atoms with Gasteiger partial charge < -0.3 is 15.0 Å². The number of methoxy groups -OCH3 is 1. The van der Waals surface area contributed by atoms with Gasteiger partial charge in [0.2, 0.25) is 5.88 Å². The Labute approximate surface area is 185 Å². The second kappa shape index (κ2) is 8.41. The molecule has 1 amide bonds. The van der Waals surface area contributed by atoms with E-state index in [0.717, 1.165) is 30.8 Å². The number of aliphatic imine (C=N–C) groups is 1. The van der Waals surface area contributed by atoms with Crippen molar-refractivity contribution in [3.8, 4) is 5.88 Å². The van der Waals surface area contributed by atoms with Crippen LogP contribution < -0.4 is 10.1 Å². The maximum Gasteiger partial charge on any atom is 0.257 e. The first-order valence-corrected chi connectivity index (χ1v) is 10.5. The number of aromatic nitrogens is 1. The van der Waals surface area contributed by atoms with Gasteiger partial charge in [0.25, 0.3) is 5.91 Å². The summed E-state index contributed by atoms with van der Waals surface area (Å²) >= 11 is 0. The second-order valence-corrected chi connectivity index (χ2v) is 7.83. The monoisotopic (exact) mass is 434 g/mol. The van der Waals surface area contributed by atoms with Crippen LogP contribution in [-0.4, -0.2) is 58.7 Å². The number of hydrogen-bond donors (Lipinski definition) is 1. The highest BCUT2D eigenvalue weighted by Gasteiger charge is 2.36. The number of likely N-dealkylation sites (tertiary alicyclic amines) is 1. The van der Waals surface area contributed by atoms with Crippen molar-refractivity contribution < 1.29 is 13.9 Å². The van der Waals surface area contributed by atoms with Gasteiger partial charge in [0, 0.05) is 18.9 Å². The maximum atomic E-state index is 13.8. The van der Waals surface area contributed by atoms with Crippen molar-refractivity contribution in [1.82, 2.24) is 20.2 Å². The van der Waals surface area contributed by atoms with Crippen LogP contribution in [0.1, 0.15) is 34.8 Å². The average Bonchev–Trinajstić information content (AvgIpc) is 3.46. The molecule has 3 aliphatic heterocycles. The lowest BCUT2D eigenvalue weighted by atomic mass is 10.0. The summed E-state index contributed by atoms with van der Waals surface area (Å²) in [5, 5.41) is 9.06. The highest BCUT2D eigenvalue weighted by atomic mass is 19.1. The van der Waals surface area contributed by atoms with E-state index >= 15 is 0 Å². The summed E-state index contributed by atoms with van der Waals surface area (Å²) in [6, 6.07) is 9.74. The lowest BCUT2D eigenvalue weighted by molar-refractivity contribution is 0.0932. The van der Waals surface area contributed by atoms with Crippen molar-refractivity contribution in [1.29, 1.82) is 0 Å². The predicted octanol–water partition coefficient (Wildman–Crippen LogP) is 2.72. The minimum atomic E-state index is -0.414. The number of carbonyl (C=O) groups is 1. The van der Waals surface area contributed by atoms with Crippen molar-refractivity contribution in [3.05, 3.63) is 71.8 Å². The third-order valence-corrected chi connectivity index (χ3v) is 5.88. The molecule has 9 heteroatoms. The zero-order valence-corrected chi connectivity index (χ0v) is 17.6. The molecule has 3 atom stereocenters. The fraction of sp³-hybridized carbons (Fsp3) is 0.304. The molecule has 1 fully saturated rings. The van der Waals surface area contributed by atoms with Crippen LogP contribution in [0.25, 0.3) is 0 Å². The number of hydrazone groups is 1. The van der Waals surface area contributed by atoms with Gasteiger partial charge in [0.05, 0.1) is 19.4 Å². The van der Waals surface area contributed by atoms with E-state index in [1.165, 1.54) is 13.2 Å². The van der Waals surface area contributed by atoms with Crippen LogP contribution in [0, 0.1) is 5.82 Å². The third kappa shape index (κ3) is 3.70. The number of rotatable bonds is 4. The van der Waals surface area contributed by atoms with Crippen LogP contribution in [-0.2, 0) is 0 Å². The number of benzene rings is 1. The standard InChI is InChI=1S/C23H23FN6O2/c1-32-23-17(7-3-10-25-23)22(31)27-18-14-26-30-12-9-20(28-21(18)30)29-11-4-8-19(29)15-5-2-6-16(24)13-15/h2-3,5-7,9-10,12-14,18-19,21H,4,8,11H2,1H3,(H,27,31)/t18?,19-,21?/m1/s1. The van der Waals surface area contributed by atoms with E-state index in [-0.39, 0.29) is 23.6 Å². The van der Waals surface area contributed by atoms with Crippen molar-refractivity contribution in [2.75, 3.05) is 13.7 Å². The quantitative estimate of drug-likeness (QED) is 0.800. The molecule has 1 aromatic heterocycles. The molecule has 4 heterocycles. The van der Waals surface area contributed by atoms with Crippen LogP contribution in [0.2, 0.25) is 0 Å². The first-order valence-electron chi connectivity index (χ1n) is 10.5. The van der Waals surface area contributed by atoms with Gasteiger partial charge in [-0.1, -0.05) is 12.1 Å². The molecule has 1 aromatic carbocycles. The SMILES string of the molecule is COc1ncccc1C(=O)NC1C=NN2C=CC(N3CCC[C@@H]3c3cccc(F)c3)=NC12. The minimum Gasteiger partial charge on any atom is -0.480 e. The summed E-state index contributed by atoms with van der Waals surface area (Å²) < 4.78 is 19.0. The summed E-state index contributed by atoms with van der Waals surface area (Å²) in [7, 11) is 1.48. The Morgan fingerprint density at radius 1 is 1.28 bits per heavy atom. The van der Waals surface area contributed by atoms with Crippen molar-refractivity contribution in [2.24, 2.45) is 10.1 Å². The summed E-state index contributed by atoms with van der Waals surface area (Å²) in [6.07, 6.45) is 8.57. The molecule has 2 unspecified atom stereocenters. The molecule has 0 spiro atoms. The minimum absolute atomic E-state index is 0.0654. The number of halogens is 1. The second-order valence-electron chi connectivity index (χ2n) is 7.83. The lowest BCUT2D eigenvalue weighted by Crippen LogP contribution is -2.47. The number of amidine groups is 1. The van der Waals surface area contributed by atoms with E-state index < -0.39 is 12.2 Å². The lowest BCUT2D eigenvalue weighted by Gasteiger charge is -2.32. The van der Waals surface area contributed by atoms with Gasteiger partial charge in [-0.2, -0.15) is 5.10 Å². The Hall–Kier alpha value is -3.75. The first kappa shape index (κ1) is 20.2. The normalized spacial score (nSPS) is 23.8. The number of ether oxygens (including phenoxy) is 1. The van der Waals surface area contributed by atoms with Gasteiger partial charge in [-0.25, -0.2) is 19.4 Å². The molecule has 1 N–H and O–H groups in total. The zero-order chi connectivity index (χ0) is 22.1. The van der Waals surface area contributed by atoms with Gasteiger partial charge in [-0.3, -0.25) is 4.79 Å². The molecular formula is C23H23FN6O2. The van der Waals surface area contributed by atoms with Crippen LogP contribution in [0.15, 0.2) is 65.0 Å². The molecular weight excluding hydrogens is 411 g/mol.